The Hall–Kier alpha value is -2.29. The van der Waals surface area contributed by atoms with Crippen molar-refractivity contribution in [3.8, 4) is 5.75 Å². The molecule has 1 fully saturated rings. The molecule has 2 aromatic rings. The molecule has 0 spiro atoms. The molecule has 4 rings (SSSR count). The second-order valence-electron chi connectivity index (χ2n) is 7.04. The maximum Gasteiger partial charge on any atom is 0.222 e. The van der Waals surface area contributed by atoms with Gasteiger partial charge in [-0.25, -0.2) is 0 Å². The summed E-state index contributed by atoms with van der Waals surface area (Å²) >= 11 is 0. The second-order valence-corrected chi connectivity index (χ2v) is 7.04. The van der Waals surface area contributed by atoms with Crippen LogP contribution in [-0.4, -0.2) is 25.0 Å². The number of benzene rings is 2. The summed E-state index contributed by atoms with van der Waals surface area (Å²) in [5, 5.41) is 0. The third-order valence-electron chi connectivity index (χ3n) is 5.72. The Labute approximate surface area is 143 Å². The van der Waals surface area contributed by atoms with Gasteiger partial charge in [0.15, 0.2) is 0 Å². The normalized spacial score (nSPS) is 25.4. The number of carbonyl (C=O) groups excluding carboxylic acids is 1. The summed E-state index contributed by atoms with van der Waals surface area (Å²) in [6.45, 7) is 2.12. The predicted octanol–water partition coefficient (Wildman–Crippen LogP) is 4.06. The first-order valence-corrected chi connectivity index (χ1v) is 8.60. The summed E-state index contributed by atoms with van der Waals surface area (Å²) in [7, 11) is 3.66. The first-order valence-electron chi connectivity index (χ1n) is 8.60. The van der Waals surface area contributed by atoms with E-state index < -0.39 is 0 Å². The molecule has 0 bridgehead atoms. The van der Waals surface area contributed by atoms with E-state index in [2.05, 4.69) is 43.3 Å². The van der Waals surface area contributed by atoms with Crippen molar-refractivity contribution >= 4 is 5.91 Å². The van der Waals surface area contributed by atoms with Crippen molar-refractivity contribution in [2.45, 2.75) is 31.7 Å². The van der Waals surface area contributed by atoms with E-state index in [0.29, 0.717) is 18.3 Å². The minimum Gasteiger partial charge on any atom is -0.497 e. The highest BCUT2D eigenvalue weighted by molar-refractivity contribution is 5.78. The van der Waals surface area contributed by atoms with Crippen LogP contribution in [0, 0.1) is 12.8 Å². The van der Waals surface area contributed by atoms with Crippen molar-refractivity contribution in [1.82, 2.24) is 4.90 Å². The summed E-state index contributed by atoms with van der Waals surface area (Å²) in [4.78, 5) is 14.2. The molecule has 1 heterocycles. The fourth-order valence-corrected chi connectivity index (χ4v) is 4.50. The summed E-state index contributed by atoms with van der Waals surface area (Å²) < 4.78 is 5.46. The number of piperidine rings is 1. The number of rotatable bonds is 2. The Kier molecular flexibility index (Phi) is 3.60. The van der Waals surface area contributed by atoms with Crippen molar-refractivity contribution in [2.75, 3.05) is 14.2 Å². The maximum absolute atomic E-state index is 12.3. The van der Waals surface area contributed by atoms with Gasteiger partial charge >= 0.3 is 0 Å². The molecule has 3 atom stereocenters. The zero-order valence-corrected chi connectivity index (χ0v) is 14.5. The van der Waals surface area contributed by atoms with E-state index >= 15 is 0 Å². The summed E-state index contributed by atoms with van der Waals surface area (Å²) in [5.41, 5.74) is 5.21. The van der Waals surface area contributed by atoms with Crippen molar-refractivity contribution < 1.29 is 9.53 Å². The number of hydrogen-bond donors (Lipinski definition) is 0. The topological polar surface area (TPSA) is 29.5 Å². The molecule has 1 aliphatic carbocycles. The van der Waals surface area contributed by atoms with Gasteiger partial charge in [-0.3, -0.25) is 4.79 Å². The highest BCUT2D eigenvalue weighted by atomic mass is 16.5. The highest BCUT2D eigenvalue weighted by Gasteiger charge is 2.46. The summed E-state index contributed by atoms with van der Waals surface area (Å²) in [6.07, 6.45) is 1.59. The van der Waals surface area contributed by atoms with Crippen molar-refractivity contribution in [1.29, 1.82) is 0 Å². The Bertz CT molecular complexity index is 781. The smallest absolute Gasteiger partial charge is 0.222 e. The molecule has 1 aliphatic heterocycles. The van der Waals surface area contributed by atoms with Crippen LogP contribution >= 0.6 is 0 Å². The molecule has 0 saturated carbocycles. The van der Waals surface area contributed by atoms with E-state index in [-0.39, 0.29) is 11.9 Å². The van der Waals surface area contributed by atoms with Crippen molar-refractivity contribution in [3.63, 3.8) is 0 Å². The van der Waals surface area contributed by atoms with Crippen LogP contribution in [0.5, 0.6) is 5.75 Å². The third-order valence-corrected chi connectivity index (χ3v) is 5.72. The van der Waals surface area contributed by atoms with Gasteiger partial charge in [-0.1, -0.05) is 35.9 Å². The molecule has 1 amide bonds. The number of nitrogens with zero attached hydrogens (tertiary/aromatic N) is 1. The van der Waals surface area contributed by atoms with E-state index in [1.807, 2.05) is 18.0 Å². The monoisotopic (exact) mass is 321 g/mol. The molecule has 3 unspecified atom stereocenters. The quantitative estimate of drug-likeness (QED) is 0.835. The molecule has 0 aromatic heterocycles. The van der Waals surface area contributed by atoms with Crippen LogP contribution < -0.4 is 4.74 Å². The first kappa shape index (κ1) is 15.3. The lowest BCUT2D eigenvalue weighted by atomic mass is 9.79. The van der Waals surface area contributed by atoms with Gasteiger partial charge in [0.1, 0.15) is 5.75 Å². The summed E-state index contributed by atoms with van der Waals surface area (Å²) in [6, 6.07) is 15.3. The van der Waals surface area contributed by atoms with E-state index in [4.69, 9.17) is 4.74 Å². The number of hydrogen-bond acceptors (Lipinski definition) is 2. The molecular formula is C21H23NO2. The predicted molar refractivity (Wildman–Crippen MR) is 94.3 cm³/mol. The number of amides is 1. The molecule has 1 saturated heterocycles. The van der Waals surface area contributed by atoms with Crippen molar-refractivity contribution in [3.05, 3.63) is 64.7 Å². The average molecular weight is 321 g/mol. The van der Waals surface area contributed by atoms with Crippen LogP contribution in [0.4, 0.5) is 0 Å². The van der Waals surface area contributed by atoms with Crippen molar-refractivity contribution in [2.24, 2.45) is 5.92 Å². The largest absolute Gasteiger partial charge is 0.497 e. The van der Waals surface area contributed by atoms with Gasteiger partial charge in [0.2, 0.25) is 5.91 Å². The van der Waals surface area contributed by atoms with E-state index in [0.717, 1.165) is 12.2 Å². The van der Waals surface area contributed by atoms with Crippen LogP contribution in [0.25, 0.3) is 0 Å². The lowest BCUT2D eigenvalue weighted by molar-refractivity contribution is -0.136. The number of aryl methyl sites for hydroxylation is 1. The fourth-order valence-electron chi connectivity index (χ4n) is 4.50. The number of ether oxygens (including phenoxy) is 1. The highest BCUT2D eigenvalue weighted by Crippen LogP contribution is 2.55. The van der Waals surface area contributed by atoms with Crippen LogP contribution in [0.1, 0.15) is 47.1 Å². The van der Waals surface area contributed by atoms with Crippen LogP contribution in [0.2, 0.25) is 0 Å². The molecule has 0 N–H and O–H groups in total. The van der Waals surface area contributed by atoms with E-state index in [9.17, 15) is 4.79 Å². The Morgan fingerprint density at radius 3 is 2.54 bits per heavy atom. The van der Waals surface area contributed by atoms with Crippen LogP contribution in [-0.2, 0) is 4.79 Å². The van der Waals surface area contributed by atoms with Gasteiger partial charge in [0.25, 0.3) is 0 Å². The molecule has 3 heteroatoms. The minimum absolute atomic E-state index is 0.179. The zero-order valence-electron chi connectivity index (χ0n) is 14.5. The average Bonchev–Trinajstić information content (AvgIpc) is 2.93. The first-order chi connectivity index (χ1) is 11.6. The molecule has 2 aromatic carbocycles. The molecule has 2 aliphatic rings. The fraction of sp³-hybridized carbons (Fsp3) is 0.381. The number of fused-ring (bicyclic) bond motifs is 3. The lowest BCUT2D eigenvalue weighted by Gasteiger charge is -2.37. The molecule has 3 nitrogen and oxygen atoms in total. The zero-order chi connectivity index (χ0) is 16.8. The number of likely N-dealkylation sites (tertiary alicyclic amines) is 1. The third kappa shape index (κ3) is 2.22. The summed E-state index contributed by atoms with van der Waals surface area (Å²) in [5.74, 6) is 1.91. The molecule has 0 radical (unpaired) electrons. The van der Waals surface area contributed by atoms with Gasteiger partial charge < -0.3 is 9.64 Å². The van der Waals surface area contributed by atoms with Gasteiger partial charge in [-0.05, 0) is 48.1 Å². The maximum atomic E-state index is 12.3. The Morgan fingerprint density at radius 2 is 1.83 bits per heavy atom. The van der Waals surface area contributed by atoms with Gasteiger partial charge in [0.05, 0.1) is 13.2 Å². The molecule has 124 valence electrons. The SMILES string of the molecule is COc1ccc2c(c1)C(c1ccc(C)cc1)C1CCC(=O)N(C)C21. The Morgan fingerprint density at radius 1 is 1.08 bits per heavy atom. The number of carbonyl (C=O) groups is 1. The van der Waals surface area contributed by atoms with Gasteiger partial charge in [-0.2, -0.15) is 0 Å². The van der Waals surface area contributed by atoms with Gasteiger partial charge in [0, 0.05) is 19.4 Å². The van der Waals surface area contributed by atoms with E-state index in [1.165, 1.54) is 22.3 Å². The van der Waals surface area contributed by atoms with E-state index in [1.54, 1.807) is 7.11 Å². The Balaban J connectivity index is 1.87. The minimum atomic E-state index is 0.179. The number of methoxy groups -OCH3 is 1. The van der Waals surface area contributed by atoms with Gasteiger partial charge in [-0.15, -0.1) is 0 Å². The van der Waals surface area contributed by atoms with Crippen LogP contribution in [0.3, 0.4) is 0 Å². The standard InChI is InChI=1S/C21H23NO2/c1-13-4-6-14(7-5-13)20-17-10-11-19(23)22(2)21(17)16-9-8-15(24-3)12-18(16)20/h4-9,12,17,20-21H,10-11H2,1-3H3. The molecule has 24 heavy (non-hydrogen) atoms. The second kappa shape index (κ2) is 5.66. The van der Waals surface area contributed by atoms with Crippen LogP contribution in [0.15, 0.2) is 42.5 Å². The lowest BCUT2D eigenvalue weighted by Crippen LogP contribution is -2.39. The molecular weight excluding hydrogens is 298 g/mol.